The third-order valence-corrected chi connectivity index (χ3v) is 2.95. The third-order valence-electron chi connectivity index (χ3n) is 2.72. The number of aryl methyl sites for hydroxylation is 2. The van der Waals surface area contributed by atoms with E-state index in [2.05, 4.69) is 15.3 Å². The molecule has 0 aliphatic rings. The van der Waals surface area contributed by atoms with Crippen LogP contribution in [0.2, 0.25) is 0 Å². The molecule has 2 rings (SSSR count). The molecule has 1 aromatic heterocycles. The number of aromatic nitrogens is 2. The van der Waals surface area contributed by atoms with E-state index in [1.165, 1.54) is 0 Å². The summed E-state index contributed by atoms with van der Waals surface area (Å²) in [5.74, 6) is 0.778. The van der Waals surface area contributed by atoms with Gasteiger partial charge in [0.2, 0.25) is 0 Å². The number of halogens is 1. The number of rotatable bonds is 3. The summed E-state index contributed by atoms with van der Waals surface area (Å²) in [6.45, 7) is 5.81. The minimum absolute atomic E-state index is 0.0493. The lowest BCUT2D eigenvalue weighted by Gasteiger charge is -2.14. The van der Waals surface area contributed by atoms with Gasteiger partial charge in [-0.25, -0.2) is 4.98 Å². The summed E-state index contributed by atoms with van der Waals surface area (Å²) in [6.07, 6.45) is 1.76. The molecule has 3 nitrogen and oxygen atoms in total. The number of nitrogens with zero attached hydrogens (tertiary/aromatic N) is 2. The zero-order valence-electron chi connectivity index (χ0n) is 10.7. The van der Waals surface area contributed by atoms with Crippen molar-refractivity contribution in [3.8, 4) is 0 Å². The third kappa shape index (κ3) is 2.79. The molecular formula is C14H16ClN3. The summed E-state index contributed by atoms with van der Waals surface area (Å²) in [6, 6.07) is 7.97. The molecule has 0 saturated heterocycles. The van der Waals surface area contributed by atoms with Gasteiger partial charge in [0.15, 0.2) is 5.82 Å². The number of nitrogens with one attached hydrogen (secondary N) is 1. The number of hydrogen-bond donors (Lipinski definition) is 1. The lowest BCUT2D eigenvalue weighted by Crippen LogP contribution is -2.02. The van der Waals surface area contributed by atoms with E-state index in [-0.39, 0.29) is 5.38 Å². The number of para-hydroxylation sites is 1. The van der Waals surface area contributed by atoms with E-state index in [1.54, 1.807) is 6.20 Å². The van der Waals surface area contributed by atoms with Crippen LogP contribution in [0.4, 0.5) is 11.5 Å². The van der Waals surface area contributed by atoms with E-state index < -0.39 is 0 Å². The Balaban J connectivity index is 2.37. The minimum atomic E-state index is -0.0493. The first kappa shape index (κ1) is 12.8. The summed E-state index contributed by atoms with van der Waals surface area (Å²) in [7, 11) is 0. The molecule has 0 amide bonds. The van der Waals surface area contributed by atoms with Crippen LogP contribution in [0.1, 0.15) is 29.3 Å². The molecule has 0 fully saturated rings. The van der Waals surface area contributed by atoms with Gasteiger partial charge >= 0.3 is 0 Å². The Bertz CT molecular complexity index is 552. The molecule has 2 aromatic rings. The van der Waals surface area contributed by atoms with E-state index in [9.17, 15) is 0 Å². The van der Waals surface area contributed by atoms with Crippen molar-refractivity contribution in [1.29, 1.82) is 0 Å². The molecule has 0 aliphatic carbocycles. The average Bonchev–Trinajstić information content (AvgIpc) is 2.34. The van der Waals surface area contributed by atoms with Crippen molar-refractivity contribution in [1.82, 2.24) is 9.97 Å². The predicted molar refractivity (Wildman–Crippen MR) is 75.5 cm³/mol. The first-order valence-corrected chi connectivity index (χ1v) is 6.32. The van der Waals surface area contributed by atoms with Gasteiger partial charge in [-0.3, -0.25) is 4.98 Å². The first-order valence-electron chi connectivity index (χ1n) is 5.88. The Morgan fingerprint density at radius 2 is 1.94 bits per heavy atom. The van der Waals surface area contributed by atoms with E-state index in [0.717, 1.165) is 28.5 Å². The topological polar surface area (TPSA) is 37.8 Å². The van der Waals surface area contributed by atoms with Crippen LogP contribution in [0.5, 0.6) is 0 Å². The van der Waals surface area contributed by atoms with Gasteiger partial charge in [-0.1, -0.05) is 18.2 Å². The van der Waals surface area contributed by atoms with Crippen LogP contribution in [-0.4, -0.2) is 9.97 Å². The Labute approximate surface area is 112 Å². The zero-order chi connectivity index (χ0) is 13.1. The van der Waals surface area contributed by atoms with Crippen LogP contribution in [0.15, 0.2) is 30.5 Å². The fourth-order valence-corrected chi connectivity index (χ4v) is 1.93. The molecule has 4 heteroatoms. The second-order valence-corrected chi connectivity index (χ2v) is 4.93. The van der Waals surface area contributed by atoms with Gasteiger partial charge in [0, 0.05) is 11.9 Å². The van der Waals surface area contributed by atoms with Crippen molar-refractivity contribution in [2.45, 2.75) is 26.1 Å². The van der Waals surface area contributed by atoms with E-state index in [0.29, 0.717) is 0 Å². The van der Waals surface area contributed by atoms with Crippen LogP contribution < -0.4 is 5.32 Å². The van der Waals surface area contributed by atoms with Gasteiger partial charge in [-0.2, -0.15) is 0 Å². The highest BCUT2D eigenvalue weighted by molar-refractivity contribution is 6.21. The molecule has 0 radical (unpaired) electrons. The molecule has 1 unspecified atom stereocenters. The maximum atomic E-state index is 6.17. The quantitative estimate of drug-likeness (QED) is 0.844. The normalized spacial score (nSPS) is 12.2. The molecule has 1 N–H and O–H groups in total. The Kier molecular flexibility index (Phi) is 3.82. The Morgan fingerprint density at radius 1 is 1.22 bits per heavy atom. The maximum Gasteiger partial charge on any atom is 0.152 e. The van der Waals surface area contributed by atoms with Crippen molar-refractivity contribution >= 4 is 23.1 Å². The van der Waals surface area contributed by atoms with Gasteiger partial charge in [-0.15, -0.1) is 11.6 Å². The van der Waals surface area contributed by atoms with Gasteiger partial charge in [0.25, 0.3) is 0 Å². The van der Waals surface area contributed by atoms with Crippen LogP contribution in [0.3, 0.4) is 0 Å². The lowest BCUT2D eigenvalue weighted by atomic mass is 10.1. The van der Waals surface area contributed by atoms with Gasteiger partial charge < -0.3 is 5.32 Å². The van der Waals surface area contributed by atoms with Crippen molar-refractivity contribution < 1.29 is 0 Å². The SMILES string of the molecule is Cc1cnc(C)c(Nc2ccccc2C(C)Cl)n1. The summed E-state index contributed by atoms with van der Waals surface area (Å²) in [4.78, 5) is 8.74. The van der Waals surface area contributed by atoms with E-state index in [1.807, 2.05) is 45.0 Å². The number of anilines is 2. The van der Waals surface area contributed by atoms with Gasteiger partial charge in [0.05, 0.1) is 16.8 Å². The fourth-order valence-electron chi connectivity index (χ4n) is 1.74. The second kappa shape index (κ2) is 5.36. The summed E-state index contributed by atoms with van der Waals surface area (Å²) >= 11 is 6.17. The molecule has 1 heterocycles. The van der Waals surface area contributed by atoms with Crippen molar-refractivity contribution in [2.24, 2.45) is 0 Å². The average molecular weight is 262 g/mol. The predicted octanol–water partition coefficient (Wildman–Crippen LogP) is 4.14. The summed E-state index contributed by atoms with van der Waals surface area (Å²) < 4.78 is 0. The van der Waals surface area contributed by atoms with Gasteiger partial charge in [0.1, 0.15) is 0 Å². The minimum Gasteiger partial charge on any atom is -0.338 e. The van der Waals surface area contributed by atoms with Crippen LogP contribution in [-0.2, 0) is 0 Å². The molecule has 94 valence electrons. The molecule has 18 heavy (non-hydrogen) atoms. The van der Waals surface area contributed by atoms with E-state index >= 15 is 0 Å². The Hall–Kier alpha value is -1.61. The summed E-state index contributed by atoms with van der Waals surface area (Å²) in [5.41, 5.74) is 3.79. The Morgan fingerprint density at radius 3 is 2.67 bits per heavy atom. The highest BCUT2D eigenvalue weighted by Crippen LogP contribution is 2.29. The van der Waals surface area contributed by atoms with Crippen LogP contribution in [0, 0.1) is 13.8 Å². The molecular weight excluding hydrogens is 246 g/mol. The number of alkyl halides is 1. The fraction of sp³-hybridized carbons (Fsp3) is 0.286. The van der Waals surface area contributed by atoms with Crippen LogP contribution >= 0.6 is 11.6 Å². The monoisotopic (exact) mass is 261 g/mol. The highest BCUT2D eigenvalue weighted by atomic mass is 35.5. The molecule has 0 saturated carbocycles. The number of benzene rings is 1. The largest absolute Gasteiger partial charge is 0.338 e. The molecule has 0 aliphatic heterocycles. The zero-order valence-corrected chi connectivity index (χ0v) is 11.5. The van der Waals surface area contributed by atoms with Crippen molar-refractivity contribution in [2.75, 3.05) is 5.32 Å². The van der Waals surface area contributed by atoms with Crippen LogP contribution in [0.25, 0.3) is 0 Å². The molecule has 1 atom stereocenters. The second-order valence-electron chi connectivity index (χ2n) is 4.27. The maximum absolute atomic E-state index is 6.17. The van der Waals surface area contributed by atoms with Crippen molar-refractivity contribution in [3.05, 3.63) is 47.4 Å². The number of hydrogen-bond acceptors (Lipinski definition) is 3. The molecule has 1 aromatic carbocycles. The lowest BCUT2D eigenvalue weighted by molar-refractivity contribution is 1.05. The molecule has 0 bridgehead atoms. The molecule has 0 spiro atoms. The standard InChI is InChI=1S/C14H16ClN3/c1-9-8-16-11(3)14(17-9)18-13-7-5-4-6-12(13)10(2)15/h4-8,10H,1-3H3,(H,17,18). The highest BCUT2D eigenvalue weighted by Gasteiger charge is 2.09. The van der Waals surface area contributed by atoms with Crippen molar-refractivity contribution in [3.63, 3.8) is 0 Å². The van der Waals surface area contributed by atoms with Gasteiger partial charge in [-0.05, 0) is 32.4 Å². The van der Waals surface area contributed by atoms with E-state index in [4.69, 9.17) is 11.6 Å². The first-order chi connectivity index (χ1) is 8.58. The smallest absolute Gasteiger partial charge is 0.152 e. The summed E-state index contributed by atoms with van der Waals surface area (Å²) in [5, 5.41) is 3.26.